The molecular formula is C23H28N2O3. The Labute approximate surface area is 166 Å². The van der Waals surface area contributed by atoms with Gasteiger partial charge in [0.25, 0.3) is 0 Å². The third-order valence-electron chi connectivity index (χ3n) is 5.52. The van der Waals surface area contributed by atoms with Crippen molar-refractivity contribution in [1.29, 1.82) is 0 Å². The van der Waals surface area contributed by atoms with Crippen LogP contribution in [0.4, 0.5) is 4.79 Å². The summed E-state index contributed by atoms with van der Waals surface area (Å²) in [5.74, 6) is 1.56. The second kappa shape index (κ2) is 9.00. The summed E-state index contributed by atoms with van der Waals surface area (Å²) in [7, 11) is 0. The van der Waals surface area contributed by atoms with Gasteiger partial charge >= 0.3 is 6.03 Å². The van der Waals surface area contributed by atoms with Gasteiger partial charge in [-0.3, -0.25) is 0 Å². The Bertz CT molecular complexity index is 788. The predicted molar refractivity (Wildman–Crippen MR) is 109 cm³/mol. The highest BCUT2D eigenvalue weighted by molar-refractivity contribution is 5.74. The van der Waals surface area contributed by atoms with Gasteiger partial charge in [0.15, 0.2) is 11.5 Å². The van der Waals surface area contributed by atoms with Gasteiger partial charge in [-0.25, -0.2) is 4.79 Å². The minimum absolute atomic E-state index is 0.00589. The molecule has 148 valence electrons. The van der Waals surface area contributed by atoms with E-state index in [-0.39, 0.29) is 18.9 Å². The molecule has 2 amide bonds. The van der Waals surface area contributed by atoms with Crippen molar-refractivity contribution in [2.45, 2.75) is 57.0 Å². The van der Waals surface area contributed by atoms with E-state index in [1.807, 2.05) is 36.4 Å². The van der Waals surface area contributed by atoms with Crippen LogP contribution in [0.2, 0.25) is 0 Å². The Hall–Kier alpha value is -2.69. The van der Waals surface area contributed by atoms with Crippen LogP contribution in [0, 0.1) is 0 Å². The van der Waals surface area contributed by atoms with E-state index in [1.54, 1.807) is 0 Å². The van der Waals surface area contributed by atoms with Crippen molar-refractivity contribution in [1.82, 2.24) is 10.6 Å². The van der Waals surface area contributed by atoms with Crippen LogP contribution in [0.15, 0.2) is 48.5 Å². The van der Waals surface area contributed by atoms with Gasteiger partial charge in [-0.1, -0.05) is 55.7 Å². The fourth-order valence-corrected chi connectivity index (χ4v) is 4.08. The highest BCUT2D eigenvalue weighted by atomic mass is 16.7. The summed E-state index contributed by atoms with van der Waals surface area (Å²) in [5, 5.41) is 6.37. The molecule has 28 heavy (non-hydrogen) atoms. The summed E-state index contributed by atoms with van der Waals surface area (Å²) < 4.78 is 10.9. The number of rotatable bonds is 6. The van der Waals surface area contributed by atoms with Gasteiger partial charge in [0.2, 0.25) is 6.79 Å². The van der Waals surface area contributed by atoms with Crippen LogP contribution < -0.4 is 20.1 Å². The standard InChI is InChI=1S/C23H28N2O3/c26-23(24-19-9-5-2-6-10-19)25-20(13-17-7-3-1-4-8-17)14-18-11-12-21-22(15-18)28-16-27-21/h1,3-4,7-8,11-12,15,19-20H,2,5-6,9-10,13-14,16H2,(H2,24,25,26)/t20-/m1/s1. The molecule has 0 unspecified atom stereocenters. The first-order valence-electron chi connectivity index (χ1n) is 10.3. The van der Waals surface area contributed by atoms with E-state index in [4.69, 9.17) is 9.47 Å². The van der Waals surface area contributed by atoms with Crippen LogP contribution in [0.5, 0.6) is 11.5 Å². The number of carbonyl (C=O) groups is 1. The van der Waals surface area contributed by atoms with Gasteiger partial charge in [0.05, 0.1) is 0 Å². The molecule has 0 aromatic heterocycles. The molecule has 1 fully saturated rings. The monoisotopic (exact) mass is 380 g/mol. The molecule has 5 nitrogen and oxygen atoms in total. The molecule has 2 N–H and O–H groups in total. The molecule has 1 saturated carbocycles. The number of fused-ring (bicyclic) bond motifs is 1. The van der Waals surface area contributed by atoms with Gasteiger partial charge < -0.3 is 20.1 Å². The molecule has 1 aliphatic carbocycles. The smallest absolute Gasteiger partial charge is 0.315 e. The van der Waals surface area contributed by atoms with Crippen molar-refractivity contribution in [2.24, 2.45) is 0 Å². The van der Waals surface area contributed by atoms with Crippen molar-refractivity contribution in [3.63, 3.8) is 0 Å². The largest absolute Gasteiger partial charge is 0.454 e. The molecule has 2 aromatic carbocycles. The quantitative estimate of drug-likeness (QED) is 0.790. The second-order valence-corrected chi connectivity index (χ2v) is 7.73. The molecule has 2 aliphatic rings. The number of nitrogens with one attached hydrogen (secondary N) is 2. The highest BCUT2D eigenvalue weighted by Crippen LogP contribution is 2.32. The first-order valence-corrected chi connectivity index (χ1v) is 10.3. The summed E-state index contributed by atoms with van der Waals surface area (Å²) in [6.45, 7) is 0.272. The lowest BCUT2D eigenvalue weighted by Crippen LogP contribution is -2.48. The number of hydrogen-bond acceptors (Lipinski definition) is 3. The molecule has 2 aromatic rings. The lowest BCUT2D eigenvalue weighted by molar-refractivity contribution is 0.174. The van der Waals surface area contributed by atoms with Crippen molar-refractivity contribution < 1.29 is 14.3 Å². The summed E-state index contributed by atoms with van der Waals surface area (Å²) in [5.41, 5.74) is 2.34. The molecule has 4 rings (SSSR count). The fourth-order valence-electron chi connectivity index (χ4n) is 4.08. The number of hydrogen-bond donors (Lipinski definition) is 2. The first-order chi connectivity index (χ1) is 13.8. The fraction of sp³-hybridized carbons (Fsp3) is 0.435. The maximum Gasteiger partial charge on any atom is 0.315 e. The number of amides is 2. The molecule has 1 atom stereocenters. The van der Waals surface area contributed by atoms with Gasteiger partial charge in [-0.2, -0.15) is 0 Å². The van der Waals surface area contributed by atoms with E-state index in [2.05, 4.69) is 22.8 Å². The lowest BCUT2D eigenvalue weighted by atomic mass is 9.95. The van der Waals surface area contributed by atoms with Gasteiger partial charge in [0, 0.05) is 12.1 Å². The molecule has 0 spiro atoms. The van der Waals surface area contributed by atoms with Gasteiger partial charge in [-0.15, -0.1) is 0 Å². The van der Waals surface area contributed by atoms with E-state index >= 15 is 0 Å². The van der Waals surface area contributed by atoms with Crippen LogP contribution in [0.25, 0.3) is 0 Å². The van der Waals surface area contributed by atoms with Crippen molar-refractivity contribution in [2.75, 3.05) is 6.79 Å². The minimum Gasteiger partial charge on any atom is -0.454 e. The van der Waals surface area contributed by atoms with E-state index in [0.717, 1.165) is 42.7 Å². The SMILES string of the molecule is O=C(NC1CCCCC1)N[C@H](Cc1ccccc1)Cc1ccc2c(c1)OCO2. The van der Waals surface area contributed by atoms with Crippen LogP contribution in [0.3, 0.4) is 0 Å². The normalized spacial score (nSPS) is 17.1. The van der Waals surface area contributed by atoms with Crippen molar-refractivity contribution >= 4 is 6.03 Å². The van der Waals surface area contributed by atoms with Gasteiger partial charge in [0.1, 0.15) is 0 Å². The molecule has 1 aliphatic heterocycles. The van der Waals surface area contributed by atoms with Crippen LogP contribution in [-0.2, 0) is 12.8 Å². The third-order valence-corrected chi connectivity index (χ3v) is 5.52. The minimum atomic E-state index is -0.0615. The lowest BCUT2D eigenvalue weighted by Gasteiger charge is -2.25. The zero-order chi connectivity index (χ0) is 19.2. The summed E-state index contributed by atoms with van der Waals surface area (Å²) >= 11 is 0. The van der Waals surface area contributed by atoms with E-state index < -0.39 is 0 Å². The maximum atomic E-state index is 12.6. The zero-order valence-corrected chi connectivity index (χ0v) is 16.2. The maximum absolute atomic E-state index is 12.6. The van der Waals surface area contributed by atoms with Gasteiger partial charge in [-0.05, 0) is 48.9 Å². The van der Waals surface area contributed by atoms with Crippen molar-refractivity contribution in [3.8, 4) is 11.5 Å². The Morgan fingerprint density at radius 2 is 1.68 bits per heavy atom. The Morgan fingerprint density at radius 1 is 0.929 bits per heavy atom. The molecule has 0 bridgehead atoms. The molecule has 1 heterocycles. The van der Waals surface area contributed by atoms with Crippen LogP contribution in [0.1, 0.15) is 43.2 Å². The van der Waals surface area contributed by atoms with Crippen LogP contribution in [-0.4, -0.2) is 24.9 Å². The topological polar surface area (TPSA) is 59.6 Å². The van der Waals surface area contributed by atoms with E-state index in [1.165, 1.54) is 24.8 Å². The number of benzene rings is 2. The molecule has 0 saturated heterocycles. The third kappa shape index (κ3) is 4.97. The first kappa shape index (κ1) is 18.7. The zero-order valence-electron chi connectivity index (χ0n) is 16.2. The highest BCUT2D eigenvalue weighted by Gasteiger charge is 2.20. The van der Waals surface area contributed by atoms with Crippen molar-refractivity contribution in [3.05, 3.63) is 59.7 Å². The number of urea groups is 1. The van der Waals surface area contributed by atoms with E-state index in [9.17, 15) is 4.79 Å². The predicted octanol–water partition coefficient (Wildman–Crippen LogP) is 4.20. The average molecular weight is 380 g/mol. The molecular weight excluding hydrogens is 352 g/mol. The average Bonchev–Trinajstić information content (AvgIpc) is 3.17. The molecule has 0 radical (unpaired) electrons. The Balaban J connectivity index is 1.42. The summed E-state index contributed by atoms with van der Waals surface area (Å²) in [6.07, 6.45) is 7.38. The second-order valence-electron chi connectivity index (χ2n) is 7.73. The summed E-state index contributed by atoms with van der Waals surface area (Å²) in [4.78, 5) is 12.6. The van der Waals surface area contributed by atoms with Crippen LogP contribution >= 0.6 is 0 Å². The Kier molecular flexibility index (Phi) is 6.00. The van der Waals surface area contributed by atoms with E-state index in [0.29, 0.717) is 6.04 Å². The number of carbonyl (C=O) groups excluding carboxylic acids is 1. The number of ether oxygens (including phenoxy) is 2. The Morgan fingerprint density at radius 3 is 2.50 bits per heavy atom. The summed E-state index contributed by atoms with van der Waals surface area (Å²) in [6, 6.07) is 16.5. The molecule has 5 heteroatoms.